The van der Waals surface area contributed by atoms with Gasteiger partial charge in [0.1, 0.15) is 0 Å². The van der Waals surface area contributed by atoms with Crippen molar-refractivity contribution in [3.05, 3.63) is 29.8 Å². The van der Waals surface area contributed by atoms with Gasteiger partial charge < -0.3 is 20.5 Å². The lowest BCUT2D eigenvalue weighted by Crippen LogP contribution is -2.43. The van der Waals surface area contributed by atoms with Crippen LogP contribution in [0.3, 0.4) is 0 Å². The Balaban J connectivity index is 1.95. The Morgan fingerprint density at radius 1 is 1.33 bits per heavy atom. The summed E-state index contributed by atoms with van der Waals surface area (Å²) in [6, 6.07) is 7.51. The molecule has 0 heterocycles. The van der Waals surface area contributed by atoms with Crippen LogP contribution < -0.4 is 10.6 Å². The molecule has 134 valence electrons. The van der Waals surface area contributed by atoms with E-state index in [0.717, 1.165) is 24.1 Å². The van der Waals surface area contributed by atoms with E-state index in [1.54, 1.807) is 7.11 Å². The molecule has 24 heavy (non-hydrogen) atoms. The smallest absolute Gasteiger partial charge is 0.319 e. The average molecular weight is 334 g/mol. The van der Waals surface area contributed by atoms with Crippen LogP contribution in [0.15, 0.2) is 24.3 Å². The fourth-order valence-electron chi connectivity index (χ4n) is 3.44. The minimum absolute atomic E-state index is 0.0146. The van der Waals surface area contributed by atoms with Gasteiger partial charge in [-0.25, -0.2) is 4.79 Å². The van der Waals surface area contributed by atoms with Crippen LogP contribution in [0, 0.1) is 5.92 Å². The molecular formula is C19H30N2O3. The Labute approximate surface area is 144 Å². The molecule has 0 bridgehead atoms. The number of aliphatic hydroxyl groups is 1. The van der Waals surface area contributed by atoms with Crippen molar-refractivity contribution in [1.82, 2.24) is 5.32 Å². The van der Waals surface area contributed by atoms with Gasteiger partial charge in [0, 0.05) is 25.4 Å². The highest BCUT2D eigenvalue weighted by molar-refractivity contribution is 5.89. The first-order valence-electron chi connectivity index (χ1n) is 8.95. The number of hydrogen-bond donors (Lipinski definition) is 3. The van der Waals surface area contributed by atoms with E-state index in [1.807, 2.05) is 31.2 Å². The van der Waals surface area contributed by atoms with Crippen molar-refractivity contribution in [2.24, 2.45) is 5.92 Å². The Morgan fingerprint density at radius 3 is 2.75 bits per heavy atom. The molecule has 2 atom stereocenters. The van der Waals surface area contributed by atoms with Crippen LogP contribution in [0.25, 0.3) is 0 Å². The van der Waals surface area contributed by atoms with Crippen LogP contribution in [0.4, 0.5) is 10.5 Å². The summed E-state index contributed by atoms with van der Waals surface area (Å²) >= 11 is 0. The lowest BCUT2D eigenvalue weighted by molar-refractivity contribution is 0.119. The van der Waals surface area contributed by atoms with Crippen molar-refractivity contribution in [3.8, 4) is 0 Å². The van der Waals surface area contributed by atoms with Gasteiger partial charge in [0.2, 0.25) is 0 Å². The van der Waals surface area contributed by atoms with E-state index in [2.05, 4.69) is 10.6 Å². The molecule has 1 aromatic rings. The topological polar surface area (TPSA) is 70.6 Å². The van der Waals surface area contributed by atoms with Gasteiger partial charge in [-0.15, -0.1) is 0 Å². The molecule has 1 aliphatic carbocycles. The number of hydrogen-bond acceptors (Lipinski definition) is 3. The second-order valence-electron chi connectivity index (χ2n) is 6.62. The monoisotopic (exact) mass is 334 g/mol. The molecule has 1 saturated carbocycles. The third-order valence-electron chi connectivity index (χ3n) is 4.94. The third-order valence-corrected chi connectivity index (χ3v) is 4.94. The van der Waals surface area contributed by atoms with Gasteiger partial charge in [0.25, 0.3) is 0 Å². The predicted octanol–water partition coefficient (Wildman–Crippen LogP) is 3.85. The summed E-state index contributed by atoms with van der Waals surface area (Å²) in [6.07, 6.45) is 6.56. The normalized spacial score (nSPS) is 18.0. The Hall–Kier alpha value is -1.59. The molecule has 1 aromatic carbocycles. The zero-order chi connectivity index (χ0) is 17.4. The molecule has 2 rings (SSSR count). The van der Waals surface area contributed by atoms with Crippen LogP contribution in [0.5, 0.6) is 0 Å². The van der Waals surface area contributed by atoms with Crippen molar-refractivity contribution in [1.29, 1.82) is 0 Å². The highest BCUT2D eigenvalue weighted by atomic mass is 16.5. The number of carbonyl (C=O) groups excluding carboxylic acids is 1. The van der Waals surface area contributed by atoms with E-state index < -0.39 is 0 Å². The molecule has 2 unspecified atom stereocenters. The molecular weight excluding hydrogens is 304 g/mol. The second-order valence-corrected chi connectivity index (χ2v) is 6.62. The minimum Gasteiger partial charge on any atom is -0.396 e. The van der Waals surface area contributed by atoms with Crippen molar-refractivity contribution >= 4 is 11.7 Å². The van der Waals surface area contributed by atoms with Crippen LogP contribution in [-0.4, -0.2) is 30.9 Å². The number of carbonyl (C=O) groups is 1. The number of urea groups is 1. The molecule has 1 fully saturated rings. The van der Waals surface area contributed by atoms with Crippen LogP contribution >= 0.6 is 0 Å². The van der Waals surface area contributed by atoms with Crippen molar-refractivity contribution in [2.75, 3.05) is 19.0 Å². The van der Waals surface area contributed by atoms with Crippen molar-refractivity contribution in [2.45, 2.75) is 57.6 Å². The molecule has 5 nitrogen and oxygen atoms in total. The summed E-state index contributed by atoms with van der Waals surface area (Å²) in [7, 11) is 1.67. The largest absolute Gasteiger partial charge is 0.396 e. The third kappa shape index (κ3) is 5.49. The summed E-state index contributed by atoms with van der Waals surface area (Å²) in [5.74, 6) is 0.469. The highest BCUT2D eigenvalue weighted by Gasteiger charge is 2.24. The molecule has 0 aliphatic heterocycles. The summed E-state index contributed by atoms with van der Waals surface area (Å²) in [4.78, 5) is 12.4. The predicted molar refractivity (Wildman–Crippen MR) is 96.1 cm³/mol. The summed E-state index contributed by atoms with van der Waals surface area (Å²) < 4.78 is 5.32. The van der Waals surface area contributed by atoms with Gasteiger partial charge in [-0.2, -0.15) is 0 Å². The molecule has 0 aromatic heterocycles. The maximum atomic E-state index is 12.4. The number of amides is 2. The highest BCUT2D eigenvalue weighted by Crippen LogP contribution is 2.28. The van der Waals surface area contributed by atoms with Gasteiger partial charge in [-0.05, 0) is 49.8 Å². The lowest BCUT2D eigenvalue weighted by atomic mass is 9.83. The van der Waals surface area contributed by atoms with E-state index in [0.29, 0.717) is 12.3 Å². The van der Waals surface area contributed by atoms with Gasteiger partial charge in [-0.1, -0.05) is 31.4 Å². The van der Waals surface area contributed by atoms with Crippen LogP contribution in [-0.2, 0) is 4.74 Å². The molecule has 3 N–H and O–H groups in total. The Bertz CT molecular complexity index is 515. The number of aliphatic hydroxyl groups excluding tert-OH is 1. The van der Waals surface area contributed by atoms with Gasteiger partial charge in [0.05, 0.1) is 6.10 Å². The zero-order valence-electron chi connectivity index (χ0n) is 14.8. The zero-order valence-corrected chi connectivity index (χ0v) is 14.8. The summed E-state index contributed by atoms with van der Waals surface area (Å²) in [5, 5.41) is 15.3. The standard InChI is InChI=1S/C19H30N2O3/c1-14(24-2)16-9-6-10-17(13-16)20-19(23)21-18(11-12-22)15-7-4-3-5-8-15/h6,9-10,13-15,18,22H,3-5,7-8,11-12H2,1-2H3,(H2,20,21,23). The SMILES string of the molecule is COC(C)c1cccc(NC(=O)NC(CCO)C2CCCCC2)c1. The number of rotatable bonds is 7. The first-order chi connectivity index (χ1) is 11.6. The molecule has 2 amide bonds. The van der Waals surface area contributed by atoms with E-state index in [-0.39, 0.29) is 24.8 Å². The maximum Gasteiger partial charge on any atom is 0.319 e. The van der Waals surface area contributed by atoms with Gasteiger partial charge in [-0.3, -0.25) is 0 Å². The lowest BCUT2D eigenvalue weighted by Gasteiger charge is -2.30. The van der Waals surface area contributed by atoms with Crippen molar-refractivity contribution < 1.29 is 14.6 Å². The summed E-state index contributed by atoms with van der Waals surface area (Å²) in [6.45, 7) is 2.07. The van der Waals surface area contributed by atoms with E-state index in [1.165, 1.54) is 19.3 Å². The van der Waals surface area contributed by atoms with Crippen molar-refractivity contribution in [3.63, 3.8) is 0 Å². The number of anilines is 1. The molecule has 0 saturated heterocycles. The number of methoxy groups -OCH3 is 1. The second kappa shape index (κ2) is 9.64. The maximum absolute atomic E-state index is 12.4. The molecule has 5 heteroatoms. The van der Waals surface area contributed by atoms with E-state index in [4.69, 9.17) is 4.74 Å². The minimum atomic E-state index is -0.207. The molecule has 0 radical (unpaired) electrons. The first kappa shape index (κ1) is 18.7. The number of nitrogens with one attached hydrogen (secondary N) is 2. The van der Waals surface area contributed by atoms with Gasteiger partial charge in [0.15, 0.2) is 0 Å². The van der Waals surface area contributed by atoms with Crippen LogP contribution in [0.1, 0.15) is 57.1 Å². The van der Waals surface area contributed by atoms with E-state index in [9.17, 15) is 9.90 Å². The van der Waals surface area contributed by atoms with E-state index >= 15 is 0 Å². The first-order valence-corrected chi connectivity index (χ1v) is 8.95. The average Bonchev–Trinajstić information content (AvgIpc) is 2.61. The number of ether oxygens (including phenoxy) is 1. The quantitative estimate of drug-likeness (QED) is 0.709. The summed E-state index contributed by atoms with van der Waals surface area (Å²) in [5.41, 5.74) is 1.77. The van der Waals surface area contributed by atoms with Crippen LogP contribution in [0.2, 0.25) is 0 Å². The Morgan fingerprint density at radius 2 is 2.08 bits per heavy atom. The number of benzene rings is 1. The Kier molecular flexibility index (Phi) is 7.53. The fraction of sp³-hybridized carbons (Fsp3) is 0.632. The van der Waals surface area contributed by atoms with Gasteiger partial charge >= 0.3 is 6.03 Å². The molecule has 1 aliphatic rings. The molecule has 0 spiro atoms. The fourth-order valence-corrected chi connectivity index (χ4v) is 3.44.